The minimum absolute atomic E-state index is 0.224. The molecule has 0 saturated carbocycles. The van der Waals surface area contributed by atoms with Crippen LogP contribution in [-0.4, -0.2) is 12.2 Å². The van der Waals surface area contributed by atoms with Crippen molar-refractivity contribution in [1.29, 1.82) is 0 Å². The molecule has 0 aliphatic carbocycles. The van der Waals surface area contributed by atoms with Crippen molar-refractivity contribution in [1.82, 2.24) is 0 Å². The molecule has 1 unspecified atom stereocenters. The van der Waals surface area contributed by atoms with Gasteiger partial charge in [0.2, 0.25) is 0 Å². The van der Waals surface area contributed by atoms with E-state index in [1.807, 2.05) is 13.8 Å². The van der Waals surface area contributed by atoms with Gasteiger partial charge < -0.3 is 10.5 Å². The molecule has 0 bridgehead atoms. The molecule has 0 aliphatic rings. The molecule has 0 radical (unpaired) electrons. The van der Waals surface area contributed by atoms with Crippen molar-refractivity contribution in [2.75, 3.05) is 6.61 Å². The second-order valence-electron chi connectivity index (χ2n) is 4.68. The van der Waals surface area contributed by atoms with Crippen LogP contribution in [-0.2, 0) is 4.74 Å². The highest BCUT2D eigenvalue weighted by molar-refractivity contribution is 5.31. The Labute approximate surface area is 109 Å². The Morgan fingerprint density at radius 2 is 1.89 bits per heavy atom. The molecule has 1 rings (SSSR count). The van der Waals surface area contributed by atoms with Crippen molar-refractivity contribution in [2.45, 2.75) is 52.2 Å². The summed E-state index contributed by atoms with van der Waals surface area (Å²) in [5, 5.41) is 0. The molecule has 1 atom stereocenters. The van der Waals surface area contributed by atoms with Crippen molar-refractivity contribution in [3.63, 3.8) is 0 Å². The molecule has 0 aromatic heterocycles. The third-order valence-corrected chi connectivity index (χ3v) is 3.76. The number of halogens is 1. The van der Waals surface area contributed by atoms with Crippen LogP contribution in [0, 0.1) is 12.7 Å². The molecule has 0 aliphatic heterocycles. The summed E-state index contributed by atoms with van der Waals surface area (Å²) in [6.45, 7) is 8.66. The second-order valence-corrected chi connectivity index (χ2v) is 4.68. The van der Waals surface area contributed by atoms with Crippen LogP contribution in [0.15, 0.2) is 18.2 Å². The van der Waals surface area contributed by atoms with E-state index in [-0.39, 0.29) is 17.5 Å². The molecule has 18 heavy (non-hydrogen) atoms. The van der Waals surface area contributed by atoms with E-state index in [4.69, 9.17) is 10.5 Å². The summed E-state index contributed by atoms with van der Waals surface area (Å²) < 4.78 is 19.1. The van der Waals surface area contributed by atoms with Crippen LogP contribution >= 0.6 is 0 Å². The Balaban J connectivity index is 3.12. The van der Waals surface area contributed by atoms with Gasteiger partial charge in [-0.25, -0.2) is 4.39 Å². The minimum atomic E-state index is -0.364. The lowest BCUT2D eigenvalue weighted by Gasteiger charge is -2.38. The van der Waals surface area contributed by atoms with Gasteiger partial charge in [0.15, 0.2) is 0 Å². The van der Waals surface area contributed by atoms with Gasteiger partial charge in [-0.15, -0.1) is 0 Å². The normalized spacial score (nSPS) is 13.7. The van der Waals surface area contributed by atoms with Gasteiger partial charge >= 0.3 is 0 Å². The summed E-state index contributed by atoms with van der Waals surface area (Å²) >= 11 is 0. The summed E-state index contributed by atoms with van der Waals surface area (Å²) in [5.41, 5.74) is 7.87. The van der Waals surface area contributed by atoms with Gasteiger partial charge in [-0.05, 0) is 49.9 Å². The van der Waals surface area contributed by atoms with Crippen molar-refractivity contribution < 1.29 is 9.13 Å². The minimum Gasteiger partial charge on any atom is -0.373 e. The van der Waals surface area contributed by atoms with Gasteiger partial charge in [0.1, 0.15) is 5.82 Å². The second kappa shape index (κ2) is 6.30. The van der Waals surface area contributed by atoms with Crippen LogP contribution in [0.4, 0.5) is 4.39 Å². The number of benzene rings is 1. The smallest absolute Gasteiger partial charge is 0.123 e. The van der Waals surface area contributed by atoms with E-state index >= 15 is 0 Å². The maximum absolute atomic E-state index is 13.1. The van der Waals surface area contributed by atoms with Crippen LogP contribution in [0.2, 0.25) is 0 Å². The molecule has 1 aromatic carbocycles. The standard InChI is InChI=1S/C15H24FNO/c1-5-15(6-2,18-7-3)14(17)13-9-8-12(16)10-11(13)4/h8-10,14H,5-7,17H2,1-4H3. The van der Waals surface area contributed by atoms with Gasteiger partial charge in [-0.3, -0.25) is 0 Å². The molecule has 2 N–H and O–H groups in total. The van der Waals surface area contributed by atoms with E-state index < -0.39 is 0 Å². The SMILES string of the molecule is CCOC(CC)(CC)C(N)c1ccc(F)cc1C. The van der Waals surface area contributed by atoms with E-state index in [9.17, 15) is 4.39 Å². The number of hydrogen-bond acceptors (Lipinski definition) is 2. The van der Waals surface area contributed by atoms with Crippen LogP contribution in [0.5, 0.6) is 0 Å². The molecule has 0 spiro atoms. The highest BCUT2D eigenvalue weighted by Crippen LogP contribution is 2.35. The third kappa shape index (κ3) is 2.90. The predicted octanol–water partition coefficient (Wildman–Crippen LogP) is 3.73. The molecule has 0 fully saturated rings. The quantitative estimate of drug-likeness (QED) is 0.838. The topological polar surface area (TPSA) is 35.2 Å². The zero-order valence-corrected chi connectivity index (χ0v) is 11.8. The summed E-state index contributed by atoms with van der Waals surface area (Å²) in [6.07, 6.45) is 1.69. The first-order chi connectivity index (χ1) is 8.50. The zero-order chi connectivity index (χ0) is 13.8. The Morgan fingerprint density at radius 3 is 2.33 bits per heavy atom. The summed E-state index contributed by atoms with van der Waals surface area (Å²) in [4.78, 5) is 0. The molecule has 2 nitrogen and oxygen atoms in total. The van der Waals surface area contributed by atoms with Gasteiger partial charge in [0, 0.05) is 6.61 Å². The Bertz CT molecular complexity index is 388. The summed E-state index contributed by atoms with van der Waals surface area (Å²) in [6, 6.07) is 4.53. The van der Waals surface area contributed by atoms with Crippen LogP contribution < -0.4 is 5.73 Å². The lowest BCUT2D eigenvalue weighted by atomic mass is 9.83. The fourth-order valence-electron chi connectivity index (χ4n) is 2.54. The highest BCUT2D eigenvalue weighted by Gasteiger charge is 2.35. The Hall–Kier alpha value is -0.930. The van der Waals surface area contributed by atoms with Crippen molar-refractivity contribution in [2.24, 2.45) is 5.73 Å². The van der Waals surface area contributed by atoms with E-state index in [1.54, 1.807) is 6.07 Å². The average molecular weight is 253 g/mol. The molecule has 3 heteroatoms. The van der Waals surface area contributed by atoms with Gasteiger partial charge in [0.25, 0.3) is 0 Å². The van der Waals surface area contributed by atoms with Crippen molar-refractivity contribution in [3.8, 4) is 0 Å². The number of aryl methyl sites for hydroxylation is 1. The van der Waals surface area contributed by atoms with Gasteiger partial charge in [-0.1, -0.05) is 19.9 Å². The van der Waals surface area contributed by atoms with Gasteiger partial charge in [0.05, 0.1) is 11.6 Å². The molecule has 102 valence electrons. The first-order valence-corrected chi connectivity index (χ1v) is 6.66. The van der Waals surface area contributed by atoms with E-state index in [0.717, 1.165) is 24.0 Å². The van der Waals surface area contributed by atoms with Crippen LogP contribution in [0.3, 0.4) is 0 Å². The molecule has 0 heterocycles. The average Bonchev–Trinajstić information content (AvgIpc) is 2.35. The zero-order valence-electron chi connectivity index (χ0n) is 11.8. The molecular weight excluding hydrogens is 229 g/mol. The number of rotatable bonds is 6. The lowest BCUT2D eigenvalue weighted by molar-refractivity contribution is -0.0647. The monoisotopic (exact) mass is 253 g/mol. The largest absolute Gasteiger partial charge is 0.373 e. The number of ether oxygens (including phenoxy) is 1. The molecule has 1 aromatic rings. The maximum Gasteiger partial charge on any atom is 0.123 e. The first-order valence-electron chi connectivity index (χ1n) is 6.66. The third-order valence-electron chi connectivity index (χ3n) is 3.76. The maximum atomic E-state index is 13.1. The predicted molar refractivity (Wildman–Crippen MR) is 73.0 cm³/mol. The molecular formula is C15H24FNO. The van der Waals surface area contributed by atoms with Crippen LogP contribution in [0.1, 0.15) is 50.8 Å². The Morgan fingerprint density at radius 1 is 1.28 bits per heavy atom. The summed E-state index contributed by atoms with van der Waals surface area (Å²) in [7, 11) is 0. The lowest BCUT2D eigenvalue weighted by Crippen LogP contribution is -2.43. The fraction of sp³-hybridized carbons (Fsp3) is 0.600. The number of nitrogens with two attached hydrogens (primary N) is 1. The van der Waals surface area contributed by atoms with Gasteiger partial charge in [-0.2, -0.15) is 0 Å². The molecule has 0 saturated heterocycles. The van der Waals surface area contributed by atoms with Crippen molar-refractivity contribution >= 4 is 0 Å². The first kappa shape index (κ1) is 15.1. The van der Waals surface area contributed by atoms with E-state index in [1.165, 1.54) is 12.1 Å². The summed E-state index contributed by atoms with van der Waals surface area (Å²) in [5.74, 6) is -0.224. The van der Waals surface area contributed by atoms with E-state index in [2.05, 4.69) is 13.8 Å². The number of hydrogen-bond donors (Lipinski definition) is 1. The van der Waals surface area contributed by atoms with Crippen molar-refractivity contribution in [3.05, 3.63) is 35.1 Å². The highest BCUT2D eigenvalue weighted by atomic mass is 19.1. The van der Waals surface area contributed by atoms with Crippen LogP contribution in [0.25, 0.3) is 0 Å². The Kier molecular flexibility index (Phi) is 5.29. The molecule has 0 amide bonds. The fourth-order valence-corrected chi connectivity index (χ4v) is 2.54. The van der Waals surface area contributed by atoms with E-state index in [0.29, 0.717) is 6.61 Å².